The van der Waals surface area contributed by atoms with Crippen LogP contribution in [0.1, 0.15) is 32.5 Å². The molecule has 1 saturated heterocycles. The van der Waals surface area contributed by atoms with Gasteiger partial charge in [-0.25, -0.2) is 4.98 Å². The first kappa shape index (κ1) is 17.3. The molecule has 0 radical (unpaired) electrons. The average Bonchev–Trinajstić information content (AvgIpc) is 3.05. The molecule has 0 spiro atoms. The molecule has 0 aromatic carbocycles. The van der Waals surface area contributed by atoms with E-state index >= 15 is 0 Å². The summed E-state index contributed by atoms with van der Waals surface area (Å²) in [5, 5.41) is 6.85. The molecule has 1 aliphatic heterocycles. The summed E-state index contributed by atoms with van der Waals surface area (Å²) in [7, 11) is 0. The van der Waals surface area contributed by atoms with Crippen LogP contribution >= 0.6 is 0 Å². The molecule has 0 saturated carbocycles. The minimum atomic E-state index is -0.648. The van der Waals surface area contributed by atoms with E-state index in [1.54, 1.807) is 0 Å². The predicted molar refractivity (Wildman–Crippen MR) is 92.9 cm³/mol. The molecule has 2 aromatic heterocycles. The Kier molecular flexibility index (Phi) is 4.98. The average molecular weight is 344 g/mol. The van der Waals surface area contributed by atoms with Gasteiger partial charge < -0.3 is 14.7 Å². The highest BCUT2D eigenvalue weighted by Gasteiger charge is 2.28. The molecule has 2 aromatic rings. The van der Waals surface area contributed by atoms with Gasteiger partial charge in [0.1, 0.15) is 5.82 Å². The van der Waals surface area contributed by atoms with Gasteiger partial charge in [-0.3, -0.25) is 9.69 Å². The molecular weight excluding hydrogens is 320 g/mol. The van der Waals surface area contributed by atoms with Crippen LogP contribution in [0.15, 0.2) is 28.9 Å². The zero-order valence-electron chi connectivity index (χ0n) is 14.9. The molecule has 25 heavy (non-hydrogen) atoms. The summed E-state index contributed by atoms with van der Waals surface area (Å²) in [4.78, 5) is 24.7. The molecule has 0 aliphatic carbocycles. The third kappa shape index (κ3) is 4.33. The Hall–Kier alpha value is -2.48. The first-order valence-corrected chi connectivity index (χ1v) is 8.44. The van der Waals surface area contributed by atoms with Gasteiger partial charge in [0.15, 0.2) is 5.82 Å². The minimum absolute atomic E-state index is 0.123. The fourth-order valence-electron chi connectivity index (χ4n) is 2.94. The third-order valence-electron chi connectivity index (χ3n) is 4.22. The summed E-state index contributed by atoms with van der Waals surface area (Å²) < 4.78 is 5.37. The van der Waals surface area contributed by atoms with Crippen molar-refractivity contribution in [2.45, 2.75) is 32.9 Å². The van der Waals surface area contributed by atoms with Crippen molar-refractivity contribution in [3.63, 3.8) is 0 Å². The van der Waals surface area contributed by atoms with Crippen molar-refractivity contribution in [2.75, 3.05) is 31.1 Å². The number of carbonyl (C=O) groups is 1. The number of hydrogen-bond donors (Lipinski definition) is 1. The minimum Gasteiger partial charge on any atom is -0.354 e. The van der Waals surface area contributed by atoms with E-state index in [-0.39, 0.29) is 5.91 Å². The van der Waals surface area contributed by atoms with Gasteiger partial charge in [-0.05, 0) is 26.0 Å². The van der Waals surface area contributed by atoms with E-state index in [9.17, 15) is 4.79 Å². The number of nitrogens with zero attached hydrogens (tertiary/aromatic N) is 5. The number of anilines is 1. The number of piperazine rings is 1. The zero-order chi connectivity index (χ0) is 17.9. The number of rotatable bonds is 5. The molecule has 8 heteroatoms. The van der Waals surface area contributed by atoms with Crippen LogP contribution in [0, 0.1) is 0 Å². The maximum atomic E-state index is 11.3. The molecular formula is C17H24N6O2. The fourth-order valence-corrected chi connectivity index (χ4v) is 2.94. The SMILES string of the molecule is CC(=O)NC(C)(C)c1noc(CN2CCN(c3ccccn3)CC2)n1. The van der Waals surface area contributed by atoms with E-state index in [1.165, 1.54) is 6.92 Å². The molecule has 1 amide bonds. The van der Waals surface area contributed by atoms with Crippen LogP contribution < -0.4 is 10.2 Å². The summed E-state index contributed by atoms with van der Waals surface area (Å²) >= 11 is 0. The number of aromatic nitrogens is 3. The number of pyridine rings is 1. The van der Waals surface area contributed by atoms with Gasteiger partial charge in [0, 0.05) is 39.3 Å². The maximum Gasteiger partial charge on any atom is 0.240 e. The molecule has 1 aliphatic rings. The molecule has 134 valence electrons. The van der Waals surface area contributed by atoms with Crippen LogP contribution in [0.25, 0.3) is 0 Å². The number of carbonyl (C=O) groups excluding carboxylic acids is 1. The Bertz CT molecular complexity index is 707. The van der Waals surface area contributed by atoms with Crippen LogP contribution in [-0.2, 0) is 16.9 Å². The lowest BCUT2D eigenvalue weighted by atomic mass is 10.1. The maximum absolute atomic E-state index is 11.3. The zero-order valence-corrected chi connectivity index (χ0v) is 14.9. The van der Waals surface area contributed by atoms with Gasteiger partial charge >= 0.3 is 0 Å². The smallest absolute Gasteiger partial charge is 0.240 e. The van der Waals surface area contributed by atoms with Gasteiger partial charge in [0.25, 0.3) is 0 Å². The molecule has 1 N–H and O–H groups in total. The van der Waals surface area contributed by atoms with Crippen molar-refractivity contribution in [1.29, 1.82) is 0 Å². The molecule has 3 heterocycles. The Morgan fingerprint density at radius 3 is 2.68 bits per heavy atom. The molecule has 0 atom stereocenters. The van der Waals surface area contributed by atoms with E-state index in [4.69, 9.17) is 4.52 Å². The molecule has 0 bridgehead atoms. The quantitative estimate of drug-likeness (QED) is 0.871. The van der Waals surface area contributed by atoms with Crippen molar-refractivity contribution in [3.8, 4) is 0 Å². The summed E-state index contributed by atoms with van der Waals surface area (Å²) in [5.74, 6) is 1.95. The predicted octanol–water partition coefficient (Wildman–Crippen LogP) is 1.16. The Balaban J connectivity index is 1.55. The van der Waals surface area contributed by atoms with Crippen molar-refractivity contribution in [3.05, 3.63) is 36.1 Å². The Morgan fingerprint density at radius 2 is 2.04 bits per heavy atom. The van der Waals surface area contributed by atoms with E-state index in [1.807, 2.05) is 38.2 Å². The van der Waals surface area contributed by atoms with E-state index < -0.39 is 5.54 Å². The van der Waals surface area contributed by atoms with Crippen LogP contribution in [-0.4, -0.2) is 52.1 Å². The summed E-state index contributed by atoms with van der Waals surface area (Å²) in [6, 6.07) is 5.96. The van der Waals surface area contributed by atoms with Crippen LogP contribution in [0.5, 0.6) is 0 Å². The second-order valence-corrected chi connectivity index (χ2v) is 6.77. The summed E-state index contributed by atoms with van der Waals surface area (Å²) in [6.07, 6.45) is 1.82. The first-order valence-electron chi connectivity index (χ1n) is 8.44. The van der Waals surface area contributed by atoms with E-state index in [0.717, 1.165) is 32.0 Å². The monoisotopic (exact) mass is 344 g/mol. The van der Waals surface area contributed by atoms with Crippen molar-refractivity contribution >= 4 is 11.7 Å². The fraction of sp³-hybridized carbons (Fsp3) is 0.529. The van der Waals surface area contributed by atoms with Gasteiger partial charge in [0.2, 0.25) is 11.8 Å². The lowest BCUT2D eigenvalue weighted by Gasteiger charge is -2.34. The second kappa shape index (κ2) is 7.18. The van der Waals surface area contributed by atoms with Gasteiger partial charge in [-0.15, -0.1) is 0 Å². The molecule has 8 nitrogen and oxygen atoms in total. The van der Waals surface area contributed by atoms with E-state index in [0.29, 0.717) is 18.3 Å². The number of nitrogens with one attached hydrogen (secondary N) is 1. The summed E-state index contributed by atoms with van der Waals surface area (Å²) in [5.41, 5.74) is -0.648. The second-order valence-electron chi connectivity index (χ2n) is 6.77. The van der Waals surface area contributed by atoms with Crippen LogP contribution in [0.3, 0.4) is 0 Å². The lowest BCUT2D eigenvalue weighted by Crippen LogP contribution is -2.46. The lowest BCUT2D eigenvalue weighted by molar-refractivity contribution is -0.120. The van der Waals surface area contributed by atoms with Crippen LogP contribution in [0.2, 0.25) is 0 Å². The highest BCUT2D eigenvalue weighted by atomic mass is 16.5. The Morgan fingerprint density at radius 1 is 1.28 bits per heavy atom. The number of hydrogen-bond acceptors (Lipinski definition) is 7. The highest BCUT2D eigenvalue weighted by molar-refractivity contribution is 5.73. The molecule has 1 fully saturated rings. The largest absolute Gasteiger partial charge is 0.354 e. The van der Waals surface area contributed by atoms with Gasteiger partial charge in [0.05, 0.1) is 12.1 Å². The van der Waals surface area contributed by atoms with Crippen molar-refractivity contribution in [2.24, 2.45) is 0 Å². The normalized spacial score (nSPS) is 16.0. The number of amides is 1. The summed E-state index contributed by atoms with van der Waals surface area (Å²) in [6.45, 7) is 9.43. The standard InChI is InChI=1S/C17H24N6O2/c1-13(24)20-17(2,3)16-19-15(25-21-16)12-22-8-10-23(11-9-22)14-6-4-5-7-18-14/h4-7H,8-12H2,1-3H3,(H,20,24). The van der Waals surface area contributed by atoms with E-state index in [2.05, 4.69) is 30.2 Å². The van der Waals surface area contributed by atoms with Crippen molar-refractivity contribution < 1.29 is 9.32 Å². The third-order valence-corrected chi connectivity index (χ3v) is 4.22. The van der Waals surface area contributed by atoms with Crippen LogP contribution in [0.4, 0.5) is 5.82 Å². The first-order chi connectivity index (χ1) is 11.9. The molecule has 0 unspecified atom stereocenters. The molecule has 3 rings (SSSR count). The van der Waals surface area contributed by atoms with Crippen molar-refractivity contribution in [1.82, 2.24) is 25.3 Å². The van der Waals surface area contributed by atoms with Gasteiger partial charge in [-0.1, -0.05) is 11.2 Å². The van der Waals surface area contributed by atoms with Gasteiger partial charge in [-0.2, -0.15) is 4.98 Å². The topological polar surface area (TPSA) is 87.4 Å². The Labute approximate surface area is 147 Å². The highest BCUT2D eigenvalue weighted by Crippen LogP contribution is 2.18.